The summed E-state index contributed by atoms with van der Waals surface area (Å²) in [7, 11) is 0. The maximum Gasteiger partial charge on any atom is 0.246 e. The Labute approximate surface area is 124 Å². The third-order valence-corrected chi connectivity index (χ3v) is 4.20. The SMILES string of the molecule is NC1=NCC2(CCN(C(=O)/C=C/c3ccccc3)CC2)N1. The fourth-order valence-electron chi connectivity index (χ4n) is 2.86. The molecule has 21 heavy (non-hydrogen) atoms. The van der Waals surface area contributed by atoms with Crippen molar-refractivity contribution in [3.63, 3.8) is 0 Å². The Kier molecular flexibility index (Phi) is 3.64. The summed E-state index contributed by atoms with van der Waals surface area (Å²) in [4.78, 5) is 18.3. The van der Waals surface area contributed by atoms with E-state index >= 15 is 0 Å². The summed E-state index contributed by atoms with van der Waals surface area (Å²) in [5, 5.41) is 3.26. The van der Waals surface area contributed by atoms with E-state index in [-0.39, 0.29) is 11.4 Å². The number of nitrogens with two attached hydrogens (primary N) is 1. The maximum atomic E-state index is 12.2. The highest BCUT2D eigenvalue weighted by Gasteiger charge is 2.38. The minimum absolute atomic E-state index is 0.0238. The van der Waals surface area contributed by atoms with Crippen LogP contribution in [0.15, 0.2) is 41.4 Å². The first-order valence-corrected chi connectivity index (χ1v) is 7.27. The molecule has 5 heteroatoms. The summed E-state index contributed by atoms with van der Waals surface area (Å²) in [5.41, 5.74) is 6.71. The molecule has 1 aromatic rings. The molecule has 110 valence electrons. The second-order valence-corrected chi connectivity index (χ2v) is 5.68. The lowest BCUT2D eigenvalue weighted by Gasteiger charge is -2.38. The Morgan fingerprint density at radius 1 is 1.29 bits per heavy atom. The Morgan fingerprint density at radius 3 is 2.62 bits per heavy atom. The number of aliphatic imine (C=N–C) groups is 1. The number of likely N-dealkylation sites (tertiary alicyclic amines) is 1. The Bertz CT molecular complexity index is 571. The molecule has 2 heterocycles. The number of carbonyl (C=O) groups excluding carboxylic acids is 1. The molecule has 0 bridgehead atoms. The van der Waals surface area contributed by atoms with E-state index in [4.69, 9.17) is 5.73 Å². The van der Waals surface area contributed by atoms with Gasteiger partial charge in [0.05, 0.1) is 12.1 Å². The minimum atomic E-state index is -0.0238. The number of hydrogen-bond acceptors (Lipinski definition) is 4. The van der Waals surface area contributed by atoms with Crippen LogP contribution in [0.5, 0.6) is 0 Å². The van der Waals surface area contributed by atoms with Crippen molar-refractivity contribution in [3.05, 3.63) is 42.0 Å². The van der Waals surface area contributed by atoms with Crippen LogP contribution in [0.25, 0.3) is 6.08 Å². The largest absolute Gasteiger partial charge is 0.370 e. The van der Waals surface area contributed by atoms with E-state index in [2.05, 4.69) is 10.3 Å². The maximum absolute atomic E-state index is 12.2. The molecule has 1 aromatic carbocycles. The number of hydrogen-bond donors (Lipinski definition) is 2. The molecule has 0 atom stereocenters. The smallest absolute Gasteiger partial charge is 0.246 e. The molecule has 5 nitrogen and oxygen atoms in total. The van der Waals surface area contributed by atoms with Crippen LogP contribution < -0.4 is 11.1 Å². The number of guanidine groups is 1. The Hall–Kier alpha value is -2.30. The zero-order chi connectivity index (χ0) is 14.7. The quantitative estimate of drug-likeness (QED) is 0.795. The van der Waals surface area contributed by atoms with Crippen molar-refractivity contribution < 1.29 is 4.79 Å². The first kappa shape index (κ1) is 13.7. The molecule has 0 radical (unpaired) electrons. The molecule has 1 fully saturated rings. The molecule has 1 amide bonds. The van der Waals surface area contributed by atoms with Gasteiger partial charge in [-0.2, -0.15) is 0 Å². The van der Waals surface area contributed by atoms with Gasteiger partial charge < -0.3 is 16.0 Å². The fourth-order valence-corrected chi connectivity index (χ4v) is 2.86. The van der Waals surface area contributed by atoms with Crippen molar-refractivity contribution in [2.75, 3.05) is 19.6 Å². The number of piperidine rings is 1. The lowest BCUT2D eigenvalue weighted by Crippen LogP contribution is -2.55. The van der Waals surface area contributed by atoms with Gasteiger partial charge in [0.1, 0.15) is 0 Å². The topological polar surface area (TPSA) is 70.7 Å². The molecule has 1 spiro atoms. The van der Waals surface area contributed by atoms with Crippen molar-refractivity contribution in [2.45, 2.75) is 18.4 Å². The Morgan fingerprint density at radius 2 is 2.00 bits per heavy atom. The van der Waals surface area contributed by atoms with E-state index in [9.17, 15) is 4.79 Å². The van der Waals surface area contributed by atoms with Crippen molar-refractivity contribution in [1.29, 1.82) is 0 Å². The second-order valence-electron chi connectivity index (χ2n) is 5.68. The standard InChI is InChI=1S/C16H20N4O/c17-15-18-12-16(19-15)8-10-20(11-9-16)14(21)7-6-13-4-2-1-3-5-13/h1-7H,8-12H2,(H3,17,18,19)/b7-6+. The number of nitrogens with zero attached hydrogens (tertiary/aromatic N) is 2. The van der Waals surface area contributed by atoms with Gasteiger partial charge >= 0.3 is 0 Å². The van der Waals surface area contributed by atoms with Gasteiger partial charge in [-0.15, -0.1) is 0 Å². The highest BCUT2D eigenvalue weighted by Crippen LogP contribution is 2.25. The van der Waals surface area contributed by atoms with Crippen molar-refractivity contribution in [3.8, 4) is 0 Å². The Balaban J connectivity index is 1.55. The second kappa shape index (κ2) is 5.60. The van der Waals surface area contributed by atoms with Crippen LogP contribution >= 0.6 is 0 Å². The summed E-state index contributed by atoms with van der Waals surface area (Å²) in [6, 6.07) is 9.86. The number of nitrogens with one attached hydrogen (secondary N) is 1. The molecule has 3 N–H and O–H groups in total. The predicted octanol–water partition coefficient (Wildman–Crippen LogP) is 0.979. The summed E-state index contributed by atoms with van der Waals surface area (Å²) >= 11 is 0. The van der Waals surface area contributed by atoms with Crippen LogP contribution in [0.3, 0.4) is 0 Å². The van der Waals surface area contributed by atoms with Gasteiger partial charge in [0.15, 0.2) is 5.96 Å². The number of benzene rings is 1. The summed E-state index contributed by atoms with van der Waals surface area (Å²) in [5.74, 6) is 0.597. The van der Waals surface area contributed by atoms with E-state index < -0.39 is 0 Å². The molecule has 3 rings (SSSR count). The number of rotatable bonds is 2. The van der Waals surface area contributed by atoms with Crippen LogP contribution in [0.4, 0.5) is 0 Å². The predicted molar refractivity (Wildman–Crippen MR) is 83.6 cm³/mol. The van der Waals surface area contributed by atoms with Crippen molar-refractivity contribution in [1.82, 2.24) is 10.2 Å². The first-order chi connectivity index (χ1) is 10.2. The third kappa shape index (κ3) is 3.07. The monoisotopic (exact) mass is 284 g/mol. The van der Waals surface area contributed by atoms with Gasteiger partial charge in [-0.05, 0) is 24.5 Å². The summed E-state index contributed by atoms with van der Waals surface area (Å²) in [6.07, 6.45) is 5.30. The van der Waals surface area contributed by atoms with Gasteiger partial charge in [0.25, 0.3) is 0 Å². The van der Waals surface area contributed by atoms with E-state index in [1.807, 2.05) is 41.3 Å². The number of carbonyl (C=O) groups is 1. The van der Waals surface area contributed by atoms with Crippen LogP contribution in [0, 0.1) is 0 Å². The van der Waals surface area contributed by atoms with Gasteiger partial charge in [-0.3, -0.25) is 9.79 Å². The van der Waals surface area contributed by atoms with E-state index in [0.717, 1.165) is 38.0 Å². The average Bonchev–Trinajstić information content (AvgIpc) is 2.87. The van der Waals surface area contributed by atoms with Crippen LogP contribution in [-0.2, 0) is 4.79 Å². The van der Waals surface area contributed by atoms with Gasteiger partial charge in [0, 0.05) is 19.2 Å². The highest BCUT2D eigenvalue weighted by molar-refractivity contribution is 5.92. The lowest BCUT2D eigenvalue weighted by atomic mass is 9.88. The van der Waals surface area contributed by atoms with Gasteiger partial charge in [-0.25, -0.2) is 0 Å². The molecule has 2 aliphatic heterocycles. The molecule has 2 aliphatic rings. The average molecular weight is 284 g/mol. The molecule has 1 saturated heterocycles. The molecular weight excluding hydrogens is 264 g/mol. The van der Waals surface area contributed by atoms with Gasteiger partial charge in [0.2, 0.25) is 5.91 Å². The van der Waals surface area contributed by atoms with E-state index in [1.54, 1.807) is 6.08 Å². The zero-order valence-corrected chi connectivity index (χ0v) is 12.0. The van der Waals surface area contributed by atoms with E-state index in [0.29, 0.717) is 5.96 Å². The molecule has 0 saturated carbocycles. The van der Waals surface area contributed by atoms with Crippen LogP contribution in [0.2, 0.25) is 0 Å². The van der Waals surface area contributed by atoms with Crippen molar-refractivity contribution in [2.24, 2.45) is 10.7 Å². The third-order valence-electron chi connectivity index (χ3n) is 4.20. The fraction of sp³-hybridized carbons (Fsp3) is 0.375. The van der Waals surface area contributed by atoms with Crippen LogP contribution in [0.1, 0.15) is 18.4 Å². The normalized spacial score (nSPS) is 20.6. The van der Waals surface area contributed by atoms with Gasteiger partial charge in [-0.1, -0.05) is 30.3 Å². The lowest BCUT2D eigenvalue weighted by molar-refractivity contribution is -0.127. The number of amides is 1. The zero-order valence-electron chi connectivity index (χ0n) is 12.0. The summed E-state index contributed by atoms with van der Waals surface area (Å²) < 4.78 is 0. The highest BCUT2D eigenvalue weighted by atomic mass is 16.2. The molecule has 0 aromatic heterocycles. The first-order valence-electron chi connectivity index (χ1n) is 7.27. The summed E-state index contributed by atoms with van der Waals surface area (Å²) in [6.45, 7) is 2.21. The van der Waals surface area contributed by atoms with E-state index in [1.165, 1.54) is 0 Å². The molecular formula is C16H20N4O. The molecule has 0 aliphatic carbocycles. The van der Waals surface area contributed by atoms with Crippen LogP contribution in [-0.4, -0.2) is 41.9 Å². The van der Waals surface area contributed by atoms with Crippen molar-refractivity contribution >= 4 is 17.9 Å². The minimum Gasteiger partial charge on any atom is -0.370 e. The molecule has 0 unspecified atom stereocenters.